The van der Waals surface area contributed by atoms with Gasteiger partial charge in [-0.2, -0.15) is 0 Å². The van der Waals surface area contributed by atoms with E-state index in [2.05, 4.69) is 26.6 Å². The molecule has 1 rings (SSSR count). The first kappa shape index (κ1) is 15.6. The summed E-state index contributed by atoms with van der Waals surface area (Å²) in [4.78, 5) is 23.0. The van der Waals surface area contributed by atoms with Crippen LogP contribution in [0, 0.1) is 5.82 Å². The average molecular weight is 333 g/mol. The van der Waals surface area contributed by atoms with Crippen molar-refractivity contribution in [1.82, 2.24) is 5.32 Å². The maximum absolute atomic E-state index is 13.2. The Morgan fingerprint density at radius 3 is 2.63 bits per heavy atom. The number of aliphatic hydroxyl groups excluding tert-OH is 1. The van der Waals surface area contributed by atoms with Gasteiger partial charge >= 0.3 is 11.8 Å². The van der Waals surface area contributed by atoms with Gasteiger partial charge in [0, 0.05) is 5.69 Å². The number of aliphatic hydroxyl groups is 1. The summed E-state index contributed by atoms with van der Waals surface area (Å²) in [7, 11) is 0. The number of carbonyl (C=O) groups excluding carboxylic acids is 2. The van der Waals surface area contributed by atoms with E-state index < -0.39 is 23.7 Å². The number of rotatable bonds is 4. The lowest BCUT2D eigenvalue weighted by Crippen LogP contribution is -2.43. The summed E-state index contributed by atoms with van der Waals surface area (Å²) in [5, 5.41) is 13.5. The molecule has 0 aliphatic rings. The van der Waals surface area contributed by atoms with E-state index in [0.717, 1.165) is 6.07 Å². The first-order valence-corrected chi connectivity index (χ1v) is 6.45. The predicted octanol–water partition coefficient (Wildman–Crippen LogP) is 1.41. The van der Waals surface area contributed by atoms with E-state index in [1.807, 2.05) is 0 Å². The van der Waals surface area contributed by atoms with Crippen molar-refractivity contribution in [3.8, 4) is 0 Å². The monoisotopic (exact) mass is 332 g/mol. The fraction of sp³-hybridized carbons (Fsp3) is 0.333. The Bertz CT molecular complexity index is 478. The molecule has 5 nitrogen and oxygen atoms in total. The van der Waals surface area contributed by atoms with Gasteiger partial charge in [0.25, 0.3) is 0 Å². The van der Waals surface area contributed by atoms with Gasteiger partial charge in [0.2, 0.25) is 0 Å². The molecule has 1 unspecified atom stereocenters. The number of amides is 2. The number of halogens is 2. The quantitative estimate of drug-likeness (QED) is 0.729. The molecular formula is C12H14BrFN2O3. The van der Waals surface area contributed by atoms with E-state index >= 15 is 0 Å². The third-order valence-corrected chi connectivity index (χ3v) is 3.08. The van der Waals surface area contributed by atoms with Gasteiger partial charge < -0.3 is 15.7 Å². The second kappa shape index (κ2) is 7.20. The highest BCUT2D eigenvalue weighted by molar-refractivity contribution is 9.10. The standard InChI is InChI=1S/C12H14BrFN2O3/c1-2-7(6-17)15-11(18)12(19)16-8-3-4-9(13)10(14)5-8/h3-5,7,17H,2,6H2,1H3,(H,15,18)(H,16,19). The third-order valence-electron chi connectivity index (χ3n) is 2.43. The van der Waals surface area contributed by atoms with E-state index in [9.17, 15) is 14.0 Å². The molecule has 2 amide bonds. The zero-order chi connectivity index (χ0) is 14.4. The number of anilines is 1. The van der Waals surface area contributed by atoms with Gasteiger partial charge in [-0.25, -0.2) is 4.39 Å². The smallest absolute Gasteiger partial charge is 0.313 e. The number of hydrogen-bond acceptors (Lipinski definition) is 3. The average Bonchev–Trinajstić information content (AvgIpc) is 2.39. The lowest BCUT2D eigenvalue weighted by atomic mass is 10.2. The maximum Gasteiger partial charge on any atom is 0.313 e. The predicted molar refractivity (Wildman–Crippen MR) is 72.0 cm³/mol. The minimum absolute atomic E-state index is 0.179. The Balaban J connectivity index is 2.63. The van der Waals surface area contributed by atoms with E-state index in [1.54, 1.807) is 6.92 Å². The van der Waals surface area contributed by atoms with Gasteiger partial charge in [-0.05, 0) is 40.5 Å². The van der Waals surface area contributed by atoms with Crippen LogP contribution in [-0.4, -0.2) is 29.6 Å². The van der Waals surface area contributed by atoms with E-state index in [-0.39, 0.29) is 16.8 Å². The molecule has 0 spiro atoms. The van der Waals surface area contributed by atoms with Gasteiger partial charge in [0.1, 0.15) is 5.82 Å². The van der Waals surface area contributed by atoms with Gasteiger partial charge in [0.15, 0.2) is 0 Å². The second-order valence-corrected chi connectivity index (χ2v) is 4.70. The normalized spacial score (nSPS) is 11.8. The number of hydrogen-bond donors (Lipinski definition) is 3. The second-order valence-electron chi connectivity index (χ2n) is 3.84. The number of nitrogens with one attached hydrogen (secondary N) is 2. The van der Waals surface area contributed by atoms with Crippen molar-refractivity contribution in [1.29, 1.82) is 0 Å². The van der Waals surface area contributed by atoms with Crippen molar-refractivity contribution < 1.29 is 19.1 Å². The summed E-state index contributed by atoms with van der Waals surface area (Å²) in [5.41, 5.74) is 0.179. The molecule has 104 valence electrons. The summed E-state index contributed by atoms with van der Waals surface area (Å²) in [6.45, 7) is 1.52. The molecule has 1 aromatic rings. The van der Waals surface area contributed by atoms with Crippen molar-refractivity contribution in [3.05, 3.63) is 28.5 Å². The first-order valence-electron chi connectivity index (χ1n) is 5.65. The third kappa shape index (κ3) is 4.60. The fourth-order valence-electron chi connectivity index (χ4n) is 1.29. The molecule has 1 aromatic carbocycles. The summed E-state index contributed by atoms with van der Waals surface area (Å²) in [6.07, 6.45) is 0.502. The molecule has 3 N–H and O–H groups in total. The molecule has 0 aliphatic carbocycles. The Hall–Kier alpha value is -1.47. The van der Waals surface area contributed by atoms with Gasteiger partial charge in [-0.1, -0.05) is 6.92 Å². The molecule has 0 saturated heterocycles. The summed E-state index contributed by atoms with van der Waals surface area (Å²) >= 11 is 2.98. The summed E-state index contributed by atoms with van der Waals surface area (Å²) in [5.74, 6) is -2.32. The van der Waals surface area contributed by atoms with E-state index in [0.29, 0.717) is 6.42 Å². The molecular weight excluding hydrogens is 319 g/mol. The molecule has 19 heavy (non-hydrogen) atoms. The van der Waals surface area contributed by atoms with Crippen LogP contribution >= 0.6 is 15.9 Å². The van der Waals surface area contributed by atoms with E-state index in [1.165, 1.54) is 12.1 Å². The number of carbonyl (C=O) groups is 2. The van der Waals surface area contributed by atoms with Gasteiger partial charge in [-0.3, -0.25) is 9.59 Å². The molecule has 1 atom stereocenters. The Kier molecular flexibility index (Phi) is 5.91. The summed E-state index contributed by atoms with van der Waals surface area (Å²) in [6, 6.07) is 3.51. The highest BCUT2D eigenvalue weighted by Crippen LogP contribution is 2.19. The van der Waals surface area contributed by atoms with Crippen LogP contribution in [0.5, 0.6) is 0 Å². The molecule has 0 heterocycles. The molecule has 0 aromatic heterocycles. The van der Waals surface area contributed by atoms with Crippen molar-refractivity contribution in [2.75, 3.05) is 11.9 Å². The molecule has 0 aliphatic heterocycles. The Labute approximate surface area is 118 Å². The van der Waals surface area contributed by atoms with Crippen LogP contribution in [0.4, 0.5) is 10.1 Å². The molecule has 0 fully saturated rings. The highest BCUT2D eigenvalue weighted by atomic mass is 79.9. The van der Waals surface area contributed by atoms with E-state index in [4.69, 9.17) is 5.11 Å². The lowest BCUT2D eigenvalue weighted by molar-refractivity contribution is -0.136. The fourth-order valence-corrected chi connectivity index (χ4v) is 1.54. The molecule has 0 saturated carbocycles. The topological polar surface area (TPSA) is 78.4 Å². The Morgan fingerprint density at radius 1 is 1.42 bits per heavy atom. The lowest BCUT2D eigenvalue weighted by Gasteiger charge is -2.13. The van der Waals surface area contributed by atoms with Crippen LogP contribution in [0.3, 0.4) is 0 Å². The van der Waals surface area contributed by atoms with Crippen LogP contribution in [0.25, 0.3) is 0 Å². The van der Waals surface area contributed by atoms with Crippen LogP contribution in [0.15, 0.2) is 22.7 Å². The Morgan fingerprint density at radius 2 is 2.11 bits per heavy atom. The largest absolute Gasteiger partial charge is 0.394 e. The first-order chi connectivity index (χ1) is 8.97. The molecule has 7 heteroatoms. The van der Waals surface area contributed by atoms with Crippen molar-refractivity contribution >= 4 is 33.4 Å². The molecule has 0 radical (unpaired) electrons. The van der Waals surface area contributed by atoms with Crippen LogP contribution < -0.4 is 10.6 Å². The van der Waals surface area contributed by atoms with Crippen LogP contribution in [0.1, 0.15) is 13.3 Å². The van der Waals surface area contributed by atoms with Crippen LogP contribution in [0.2, 0.25) is 0 Å². The highest BCUT2D eigenvalue weighted by Gasteiger charge is 2.17. The van der Waals surface area contributed by atoms with Gasteiger partial charge in [0.05, 0.1) is 17.1 Å². The molecule has 0 bridgehead atoms. The number of benzene rings is 1. The van der Waals surface area contributed by atoms with Crippen molar-refractivity contribution in [2.24, 2.45) is 0 Å². The van der Waals surface area contributed by atoms with Crippen molar-refractivity contribution in [2.45, 2.75) is 19.4 Å². The van der Waals surface area contributed by atoms with Gasteiger partial charge in [-0.15, -0.1) is 0 Å². The van der Waals surface area contributed by atoms with Crippen molar-refractivity contribution in [3.63, 3.8) is 0 Å². The SMILES string of the molecule is CCC(CO)NC(=O)C(=O)Nc1ccc(Br)c(F)c1. The maximum atomic E-state index is 13.2. The minimum Gasteiger partial charge on any atom is -0.394 e. The van der Waals surface area contributed by atoms with Crippen LogP contribution in [-0.2, 0) is 9.59 Å². The minimum atomic E-state index is -0.909. The zero-order valence-electron chi connectivity index (χ0n) is 10.2. The summed E-state index contributed by atoms with van der Waals surface area (Å²) < 4.78 is 13.5. The zero-order valence-corrected chi connectivity index (χ0v) is 11.8.